The molecule has 0 aromatic heterocycles. The van der Waals surface area contributed by atoms with Crippen LogP contribution in [0.5, 0.6) is 0 Å². The summed E-state index contributed by atoms with van der Waals surface area (Å²) in [6, 6.07) is 1.30. The normalized spacial score (nSPS) is 42.9. The fraction of sp³-hybridized carbons (Fsp3) is 0.833. The number of aliphatic imine (C=N–C) groups is 1. The average molecular weight is 378 g/mol. The number of fused-ring (bicyclic) bond motifs is 2. The minimum absolute atomic E-state index is 0.413. The van der Waals surface area contributed by atoms with Gasteiger partial charge in [-0.2, -0.15) is 0 Å². The third-order valence-corrected chi connectivity index (χ3v) is 8.73. The molecule has 3 fully saturated rings. The Balaban J connectivity index is 1.61. The van der Waals surface area contributed by atoms with Gasteiger partial charge in [0, 0.05) is 0 Å². The summed E-state index contributed by atoms with van der Waals surface area (Å²) < 4.78 is 1.27. The average Bonchev–Trinajstić information content (AvgIpc) is 2.79. The molecule has 23 heavy (non-hydrogen) atoms. The minimum atomic E-state index is 0.413. The predicted octanol–water partition coefficient (Wildman–Crippen LogP) is 1.25. The molecule has 2 heterocycles. The molecule has 2 bridgehead atoms. The SMILES string of the molecule is CNC1CN(C2C=CN=C([AsH2])N2[C@H]2C[C@H]3CC[C@]2(C)C3(C)C)C1. The van der Waals surface area contributed by atoms with E-state index in [-0.39, 0.29) is 0 Å². The summed E-state index contributed by atoms with van der Waals surface area (Å²) in [4.78, 5) is 9.99. The van der Waals surface area contributed by atoms with E-state index in [2.05, 4.69) is 49.0 Å². The zero-order chi connectivity index (χ0) is 16.4. The molecule has 1 saturated heterocycles. The number of nitrogens with one attached hydrogen (secondary N) is 1. The van der Waals surface area contributed by atoms with Crippen LogP contribution in [0, 0.1) is 16.7 Å². The molecule has 128 valence electrons. The molecular weight excluding hydrogens is 347 g/mol. The molecule has 4 aliphatic rings. The van der Waals surface area contributed by atoms with Gasteiger partial charge in [0.05, 0.1) is 0 Å². The summed E-state index contributed by atoms with van der Waals surface area (Å²) in [5.41, 5.74) is 0.875. The van der Waals surface area contributed by atoms with E-state index in [1.54, 1.807) is 16.9 Å². The van der Waals surface area contributed by atoms with Crippen LogP contribution in [-0.2, 0) is 0 Å². The molecule has 5 atom stereocenters. The molecule has 0 aromatic rings. The number of rotatable bonds is 3. The Morgan fingerprint density at radius 2 is 2.04 bits per heavy atom. The van der Waals surface area contributed by atoms with Gasteiger partial charge < -0.3 is 0 Å². The molecule has 2 unspecified atom stereocenters. The quantitative estimate of drug-likeness (QED) is 0.750. The standard InChI is InChI=1S/C18H31AsN4/c1-17(2)12-5-7-18(17,3)14(9-12)23-15(6-8-21-16(23)19)22-10-13(11-22)20-4/h6,8,12-15,20H,5,7,9-11,19H2,1-4H3/t12-,14+,15?,18+/m1/s1. The second-order valence-electron chi connectivity index (χ2n) is 8.72. The Kier molecular flexibility index (Phi) is 3.76. The fourth-order valence-corrected chi connectivity index (χ4v) is 6.50. The molecule has 2 saturated carbocycles. The van der Waals surface area contributed by atoms with Crippen LogP contribution in [0.15, 0.2) is 17.3 Å². The summed E-state index contributed by atoms with van der Waals surface area (Å²) in [5.74, 6) is 0.880. The number of hydrogen-bond acceptors (Lipinski definition) is 4. The first-order chi connectivity index (χ1) is 10.9. The van der Waals surface area contributed by atoms with Gasteiger partial charge in [0.15, 0.2) is 0 Å². The molecule has 0 radical (unpaired) electrons. The number of nitrogens with zero attached hydrogens (tertiary/aromatic N) is 3. The van der Waals surface area contributed by atoms with E-state index in [4.69, 9.17) is 4.99 Å². The molecule has 0 spiro atoms. The first kappa shape index (κ1) is 16.2. The van der Waals surface area contributed by atoms with Crippen molar-refractivity contribution in [3.8, 4) is 0 Å². The molecule has 2 aliphatic heterocycles. The van der Waals surface area contributed by atoms with Crippen LogP contribution in [0.4, 0.5) is 0 Å². The van der Waals surface area contributed by atoms with E-state index in [1.807, 2.05) is 6.20 Å². The van der Waals surface area contributed by atoms with Crippen molar-refractivity contribution in [2.75, 3.05) is 20.1 Å². The van der Waals surface area contributed by atoms with Crippen LogP contribution in [0.1, 0.15) is 40.0 Å². The van der Waals surface area contributed by atoms with Crippen molar-refractivity contribution in [3.05, 3.63) is 12.3 Å². The van der Waals surface area contributed by atoms with Gasteiger partial charge in [-0.3, -0.25) is 0 Å². The molecule has 5 heteroatoms. The van der Waals surface area contributed by atoms with Crippen LogP contribution in [0.2, 0.25) is 0 Å². The van der Waals surface area contributed by atoms with Gasteiger partial charge in [0.1, 0.15) is 0 Å². The predicted molar refractivity (Wildman–Crippen MR) is 98.2 cm³/mol. The topological polar surface area (TPSA) is 30.9 Å². The summed E-state index contributed by atoms with van der Waals surface area (Å²) >= 11 is 1.68. The summed E-state index contributed by atoms with van der Waals surface area (Å²) in [6.45, 7) is 9.87. The van der Waals surface area contributed by atoms with Crippen LogP contribution in [-0.4, -0.2) is 69.7 Å². The summed E-state index contributed by atoms with van der Waals surface area (Å²) in [6.07, 6.45) is 8.90. The van der Waals surface area contributed by atoms with Crippen molar-refractivity contribution in [3.63, 3.8) is 0 Å². The van der Waals surface area contributed by atoms with Crippen molar-refractivity contribution in [2.24, 2.45) is 21.7 Å². The molecule has 0 amide bonds. The summed E-state index contributed by atoms with van der Waals surface area (Å²) in [7, 11) is 2.08. The second kappa shape index (κ2) is 5.34. The number of likely N-dealkylation sites (tertiary alicyclic amines) is 1. The van der Waals surface area contributed by atoms with E-state index in [0.717, 1.165) is 19.0 Å². The van der Waals surface area contributed by atoms with Crippen molar-refractivity contribution in [1.29, 1.82) is 0 Å². The first-order valence-corrected chi connectivity index (χ1v) is 10.3. The van der Waals surface area contributed by atoms with Crippen LogP contribution in [0.25, 0.3) is 0 Å². The molecule has 4 rings (SSSR count). The van der Waals surface area contributed by atoms with Crippen molar-refractivity contribution < 1.29 is 0 Å². The van der Waals surface area contributed by atoms with Crippen molar-refractivity contribution in [2.45, 2.75) is 58.3 Å². The van der Waals surface area contributed by atoms with E-state index < -0.39 is 0 Å². The fourth-order valence-electron chi connectivity index (χ4n) is 5.63. The Bertz CT molecular complexity index is 551. The third kappa shape index (κ3) is 2.14. The monoisotopic (exact) mass is 378 g/mol. The van der Waals surface area contributed by atoms with Gasteiger partial charge in [-0.05, 0) is 0 Å². The first-order valence-electron chi connectivity index (χ1n) is 9.08. The van der Waals surface area contributed by atoms with E-state index in [1.165, 1.54) is 23.9 Å². The van der Waals surface area contributed by atoms with Crippen molar-refractivity contribution >= 4 is 21.5 Å². The Hall–Kier alpha value is -0.312. The number of amidine groups is 1. The van der Waals surface area contributed by atoms with Gasteiger partial charge in [-0.25, -0.2) is 0 Å². The van der Waals surface area contributed by atoms with Crippen molar-refractivity contribution in [1.82, 2.24) is 15.1 Å². The van der Waals surface area contributed by atoms with Gasteiger partial charge in [0.2, 0.25) is 0 Å². The summed E-state index contributed by atoms with van der Waals surface area (Å²) in [5, 5.41) is 3.40. The van der Waals surface area contributed by atoms with Gasteiger partial charge in [0.25, 0.3) is 0 Å². The molecule has 4 nitrogen and oxygen atoms in total. The van der Waals surface area contributed by atoms with E-state index in [0.29, 0.717) is 29.1 Å². The molecular formula is C18H31AsN4. The molecule has 1 N–H and O–H groups in total. The zero-order valence-corrected chi connectivity index (χ0v) is 17.3. The second-order valence-corrected chi connectivity index (χ2v) is 9.80. The zero-order valence-electron chi connectivity index (χ0n) is 14.9. The molecule has 2 aliphatic carbocycles. The number of hydrogen-bond donors (Lipinski definition) is 1. The Labute approximate surface area is 149 Å². The Morgan fingerprint density at radius 3 is 2.61 bits per heavy atom. The molecule has 0 aromatic carbocycles. The van der Waals surface area contributed by atoms with Crippen LogP contribution < -0.4 is 5.32 Å². The third-order valence-electron chi connectivity index (χ3n) is 7.79. The maximum atomic E-state index is 4.70. The maximum absolute atomic E-state index is 4.70. The van der Waals surface area contributed by atoms with Crippen LogP contribution >= 0.6 is 0 Å². The Morgan fingerprint density at radius 1 is 1.30 bits per heavy atom. The van der Waals surface area contributed by atoms with E-state index in [9.17, 15) is 0 Å². The van der Waals surface area contributed by atoms with Gasteiger partial charge in [-0.15, -0.1) is 0 Å². The van der Waals surface area contributed by atoms with Gasteiger partial charge in [-0.1, -0.05) is 0 Å². The van der Waals surface area contributed by atoms with Crippen LogP contribution in [0.3, 0.4) is 0 Å². The number of likely N-dealkylation sites (N-methyl/N-ethyl adjacent to an activating group) is 1. The van der Waals surface area contributed by atoms with E-state index >= 15 is 0 Å². The van der Waals surface area contributed by atoms with Gasteiger partial charge >= 0.3 is 149 Å².